The zero-order valence-corrected chi connectivity index (χ0v) is 9.59. The second-order valence-electron chi connectivity index (χ2n) is 4.04. The van der Waals surface area contributed by atoms with E-state index in [0.717, 1.165) is 25.9 Å². The van der Waals surface area contributed by atoms with E-state index in [2.05, 4.69) is 4.98 Å². The Bertz CT molecular complexity index is 372. The molecule has 1 aromatic heterocycles. The lowest BCUT2D eigenvalue weighted by molar-refractivity contribution is 0.0380. The monoisotopic (exact) mass is 236 g/mol. The summed E-state index contributed by atoms with van der Waals surface area (Å²) in [6, 6.07) is 3.19. The Morgan fingerprint density at radius 3 is 3.12 bits per heavy atom. The summed E-state index contributed by atoms with van der Waals surface area (Å²) in [7, 11) is 0. The highest BCUT2D eigenvalue weighted by Gasteiger charge is 2.16. The van der Waals surface area contributed by atoms with Gasteiger partial charge in [-0.05, 0) is 25.0 Å². The van der Waals surface area contributed by atoms with Gasteiger partial charge in [-0.3, -0.25) is 0 Å². The average Bonchev–Trinajstić information content (AvgIpc) is 2.83. The summed E-state index contributed by atoms with van der Waals surface area (Å²) in [4.78, 5) is 15.5. The Kier molecular flexibility index (Phi) is 3.93. The number of aromatic nitrogens is 1. The lowest BCUT2D eigenvalue weighted by Gasteiger charge is -2.09. The minimum absolute atomic E-state index is 0.238. The van der Waals surface area contributed by atoms with Gasteiger partial charge < -0.3 is 15.2 Å². The fourth-order valence-corrected chi connectivity index (χ4v) is 1.76. The van der Waals surface area contributed by atoms with Crippen LogP contribution in [0.15, 0.2) is 18.3 Å². The van der Waals surface area contributed by atoms with E-state index >= 15 is 0 Å². The van der Waals surface area contributed by atoms with Crippen molar-refractivity contribution in [1.82, 2.24) is 4.98 Å². The van der Waals surface area contributed by atoms with Gasteiger partial charge >= 0.3 is 5.97 Å². The van der Waals surface area contributed by atoms with Gasteiger partial charge in [0.25, 0.3) is 0 Å². The molecule has 0 saturated carbocycles. The molecule has 17 heavy (non-hydrogen) atoms. The second-order valence-corrected chi connectivity index (χ2v) is 4.04. The van der Waals surface area contributed by atoms with Crippen molar-refractivity contribution in [1.29, 1.82) is 0 Å². The number of rotatable bonds is 4. The smallest absolute Gasteiger partial charge is 0.356 e. The van der Waals surface area contributed by atoms with Crippen LogP contribution in [-0.2, 0) is 9.47 Å². The van der Waals surface area contributed by atoms with Crippen LogP contribution in [0.1, 0.15) is 29.8 Å². The SMILES string of the molecule is Nc1ccc(C(=O)OCCC2CCCO2)nc1. The minimum Gasteiger partial charge on any atom is -0.461 e. The van der Waals surface area contributed by atoms with Crippen molar-refractivity contribution in [2.45, 2.75) is 25.4 Å². The number of pyridine rings is 1. The Balaban J connectivity index is 1.75. The van der Waals surface area contributed by atoms with Gasteiger partial charge in [-0.25, -0.2) is 9.78 Å². The number of carbonyl (C=O) groups is 1. The van der Waals surface area contributed by atoms with E-state index in [1.807, 2.05) is 0 Å². The van der Waals surface area contributed by atoms with Crippen LogP contribution >= 0.6 is 0 Å². The molecular formula is C12H16N2O3. The molecule has 5 nitrogen and oxygen atoms in total. The first-order valence-corrected chi connectivity index (χ1v) is 5.76. The molecule has 1 aliphatic rings. The molecule has 1 unspecified atom stereocenters. The number of esters is 1. The fourth-order valence-electron chi connectivity index (χ4n) is 1.76. The Morgan fingerprint density at radius 1 is 1.59 bits per heavy atom. The Hall–Kier alpha value is -1.62. The maximum absolute atomic E-state index is 11.6. The quantitative estimate of drug-likeness (QED) is 0.799. The molecular weight excluding hydrogens is 220 g/mol. The van der Waals surface area contributed by atoms with Crippen LogP contribution < -0.4 is 5.73 Å². The number of hydrogen-bond acceptors (Lipinski definition) is 5. The van der Waals surface area contributed by atoms with Crippen LogP contribution in [0, 0.1) is 0 Å². The van der Waals surface area contributed by atoms with Crippen LogP contribution in [-0.4, -0.2) is 30.3 Å². The summed E-state index contributed by atoms with van der Waals surface area (Å²) in [5, 5.41) is 0. The molecule has 0 bridgehead atoms. The zero-order chi connectivity index (χ0) is 12.1. The van der Waals surface area contributed by atoms with E-state index in [1.165, 1.54) is 6.20 Å². The third-order valence-corrected chi connectivity index (χ3v) is 2.69. The van der Waals surface area contributed by atoms with Crippen molar-refractivity contribution < 1.29 is 14.3 Å². The maximum Gasteiger partial charge on any atom is 0.356 e. The molecule has 0 amide bonds. The second kappa shape index (κ2) is 5.63. The molecule has 2 rings (SSSR count). The van der Waals surface area contributed by atoms with Gasteiger partial charge in [0.05, 0.1) is 24.6 Å². The molecule has 1 aromatic rings. The zero-order valence-electron chi connectivity index (χ0n) is 9.59. The molecule has 0 spiro atoms. The molecule has 5 heteroatoms. The molecule has 1 saturated heterocycles. The molecule has 0 aromatic carbocycles. The van der Waals surface area contributed by atoms with Crippen LogP contribution in [0.5, 0.6) is 0 Å². The van der Waals surface area contributed by atoms with Gasteiger partial charge in [0, 0.05) is 13.0 Å². The van der Waals surface area contributed by atoms with E-state index in [4.69, 9.17) is 15.2 Å². The third kappa shape index (κ3) is 3.42. The number of anilines is 1. The van der Waals surface area contributed by atoms with E-state index in [-0.39, 0.29) is 11.8 Å². The van der Waals surface area contributed by atoms with Crippen LogP contribution in [0.2, 0.25) is 0 Å². The van der Waals surface area contributed by atoms with Gasteiger partial charge in [-0.1, -0.05) is 0 Å². The number of ether oxygens (including phenoxy) is 2. The van der Waals surface area contributed by atoms with Gasteiger partial charge in [-0.2, -0.15) is 0 Å². The first-order chi connectivity index (χ1) is 8.25. The number of nitrogen functional groups attached to an aromatic ring is 1. The number of nitrogens with zero attached hydrogens (tertiary/aromatic N) is 1. The first-order valence-electron chi connectivity index (χ1n) is 5.76. The van der Waals surface area contributed by atoms with E-state index in [1.54, 1.807) is 12.1 Å². The highest BCUT2D eigenvalue weighted by molar-refractivity contribution is 5.87. The molecule has 92 valence electrons. The van der Waals surface area contributed by atoms with Gasteiger partial charge in [0.1, 0.15) is 5.69 Å². The third-order valence-electron chi connectivity index (χ3n) is 2.69. The maximum atomic E-state index is 11.6. The van der Waals surface area contributed by atoms with Crippen molar-refractivity contribution in [2.75, 3.05) is 18.9 Å². The van der Waals surface area contributed by atoms with Crippen molar-refractivity contribution in [3.05, 3.63) is 24.0 Å². The molecule has 0 radical (unpaired) electrons. The molecule has 1 aliphatic heterocycles. The molecule has 0 aliphatic carbocycles. The number of nitrogens with two attached hydrogens (primary N) is 1. The van der Waals surface area contributed by atoms with E-state index in [0.29, 0.717) is 12.3 Å². The normalized spacial score (nSPS) is 19.2. The molecule has 1 fully saturated rings. The van der Waals surface area contributed by atoms with Crippen molar-refractivity contribution in [3.63, 3.8) is 0 Å². The minimum atomic E-state index is -0.414. The van der Waals surface area contributed by atoms with Crippen molar-refractivity contribution >= 4 is 11.7 Å². The molecule has 2 heterocycles. The van der Waals surface area contributed by atoms with Gasteiger partial charge in [0.15, 0.2) is 0 Å². The molecule has 2 N–H and O–H groups in total. The predicted octanol–water partition coefficient (Wildman–Crippen LogP) is 1.39. The van der Waals surface area contributed by atoms with E-state index in [9.17, 15) is 4.79 Å². The van der Waals surface area contributed by atoms with Gasteiger partial charge in [0.2, 0.25) is 0 Å². The lowest BCUT2D eigenvalue weighted by Crippen LogP contribution is -2.13. The molecule has 1 atom stereocenters. The largest absolute Gasteiger partial charge is 0.461 e. The van der Waals surface area contributed by atoms with Gasteiger partial charge in [-0.15, -0.1) is 0 Å². The summed E-state index contributed by atoms with van der Waals surface area (Å²) >= 11 is 0. The predicted molar refractivity (Wildman–Crippen MR) is 62.5 cm³/mol. The number of hydrogen-bond donors (Lipinski definition) is 1. The standard InChI is InChI=1S/C12H16N2O3/c13-9-3-4-11(14-8-9)12(15)17-7-5-10-2-1-6-16-10/h3-4,8,10H,1-2,5-7,13H2. The Morgan fingerprint density at radius 2 is 2.47 bits per heavy atom. The topological polar surface area (TPSA) is 74.4 Å². The number of carbonyl (C=O) groups excluding carboxylic acids is 1. The lowest BCUT2D eigenvalue weighted by atomic mass is 10.2. The highest BCUT2D eigenvalue weighted by Crippen LogP contribution is 2.15. The Labute approximate surface area is 99.9 Å². The van der Waals surface area contributed by atoms with E-state index < -0.39 is 5.97 Å². The first kappa shape index (κ1) is 11.9. The summed E-state index contributed by atoms with van der Waals surface area (Å²) in [6.07, 6.45) is 4.58. The van der Waals surface area contributed by atoms with Crippen molar-refractivity contribution in [3.8, 4) is 0 Å². The van der Waals surface area contributed by atoms with Crippen LogP contribution in [0.25, 0.3) is 0 Å². The summed E-state index contributed by atoms with van der Waals surface area (Å²) in [6.45, 7) is 1.19. The summed E-state index contributed by atoms with van der Waals surface area (Å²) < 4.78 is 10.5. The van der Waals surface area contributed by atoms with Crippen molar-refractivity contribution in [2.24, 2.45) is 0 Å². The highest BCUT2D eigenvalue weighted by atomic mass is 16.5. The average molecular weight is 236 g/mol. The fraction of sp³-hybridized carbons (Fsp3) is 0.500. The van der Waals surface area contributed by atoms with Crippen LogP contribution in [0.3, 0.4) is 0 Å². The van der Waals surface area contributed by atoms with Crippen LogP contribution in [0.4, 0.5) is 5.69 Å². The summed E-state index contributed by atoms with van der Waals surface area (Å²) in [5.74, 6) is -0.414. The summed E-state index contributed by atoms with van der Waals surface area (Å²) in [5.41, 5.74) is 6.29.